The van der Waals surface area contributed by atoms with Crippen LogP contribution in [0.25, 0.3) is 11.0 Å². The Morgan fingerprint density at radius 2 is 1.65 bits per heavy atom. The van der Waals surface area contributed by atoms with Crippen LogP contribution in [-0.4, -0.2) is 18.1 Å². The van der Waals surface area contributed by atoms with E-state index in [1.54, 1.807) is 18.4 Å². The van der Waals surface area contributed by atoms with E-state index in [1.165, 1.54) is 0 Å². The number of hydrogen-bond acceptors (Lipinski definition) is 5. The van der Waals surface area contributed by atoms with Crippen LogP contribution in [0.2, 0.25) is 0 Å². The molecule has 4 rings (SSSR count). The van der Waals surface area contributed by atoms with Gasteiger partial charge in [0.15, 0.2) is 0 Å². The fourth-order valence-electron chi connectivity index (χ4n) is 4.22. The second-order valence-corrected chi connectivity index (χ2v) is 8.66. The Bertz CT molecular complexity index is 1200. The maximum Gasteiger partial charge on any atom is 0.338 e. The van der Waals surface area contributed by atoms with Crippen molar-refractivity contribution in [3.63, 3.8) is 0 Å². The summed E-state index contributed by atoms with van der Waals surface area (Å²) in [4.78, 5) is 12.9. The van der Waals surface area contributed by atoms with E-state index in [1.807, 2.05) is 67.6 Å². The number of carbonyl (C=O) groups excluding carboxylic acids is 1. The zero-order chi connectivity index (χ0) is 23.9. The van der Waals surface area contributed by atoms with Crippen LogP contribution in [-0.2, 0) is 11.2 Å². The highest BCUT2D eigenvalue weighted by Gasteiger charge is 2.27. The van der Waals surface area contributed by atoms with Crippen molar-refractivity contribution in [3.05, 3.63) is 102 Å². The number of hydrogen-bond donors (Lipinski definition) is 1. The third kappa shape index (κ3) is 5.67. The fraction of sp³-hybridized carbons (Fsp3) is 0.276. The first-order valence-corrected chi connectivity index (χ1v) is 11.7. The van der Waals surface area contributed by atoms with Gasteiger partial charge in [-0.1, -0.05) is 42.5 Å². The smallest absolute Gasteiger partial charge is 0.338 e. The molecule has 2 N–H and O–H groups in total. The van der Waals surface area contributed by atoms with Gasteiger partial charge in [0.1, 0.15) is 17.4 Å². The van der Waals surface area contributed by atoms with Crippen molar-refractivity contribution in [2.45, 2.75) is 51.4 Å². The molecule has 34 heavy (non-hydrogen) atoms. The van der Waals surface area contributed by atoms with Crippen LogP contribution in [0.4, 0.5) is 0 Å². The lowest BCUT2D eigenvalue weighted by molar-refractivity contribution is 0.0248. The summed E-state index contributed by atoms with van der Waals surface area (Å²) in [5.74, 6) is 0.486. The highest BCUT2D eigenvalue weighted by Crippen LogP contribution is 2.34. The summed E-state index contributed by atoms with van der Waals surface area (Å²) >= 11 is 0. The van der Waals surface area contributed by atoms with Gasteiger partial charge in [0, 0.05) is 17.0 Å². The molecule has 0 saturated heterocycles. The fourth-order valence-corrected chi connectivity index (χ4v) is 4.22. The standard InChI is InChI=1S/C29H31NO4/c1-20(33-24-14-7-4-8-15-24)10-9-13-22-16-17-26-25(18-19-32-26)27(22)28(21(2)30)34-29(31)23-11-5-3-6-12-23/h3-8,11-12,14-21,28H,9-10,13,30H2,1-2H3. The molecule has 0 saturated carbocycles. The first kappa shape index (κ1) is 23.6. The van der Waals surface area contributed by atoms with Crippen LogP contribution in [0.15, 0.2) is 89.5 Å². The average Bonchev–Trinajstić information content (AvgIpc) is 3.32. The van der Waals surface area contributed by atoms with E-state index < -0.39 is 12.1 Å². The summed E-state index contributed by atoms with van der Waals surface area (Å²) in [5.41, 5.74) is 9.63. The minimum absolute atomic E-state index is 0.0867. The molecular formula is C29H31NO4. The molecule has 0 spiro atoms. The zero-order valence-corrected chi connectivity index (χ0v) is 19.6. The number of carbonyl (C=O) groups is 1. The maximum atomic E-state index is 12.9. The second-order valence-electron chi connectivity index (χ2n) is 8.66. The number of aryl methyl sites for hydroxylation is 1. The first-order chi connectivity index (χ1) is 16.5. The van der Waals surface area contributed by atoms with Gasteiger partial charge in [0.2, 0.25) is 0 Å². The Morgan fingerprint density at radius 1 is 0.941 bits per heavy atom. The number of nitrogens with two attached hydrogens (primary N) is 1. The Hall–Kier alpha value is -3.57. The summed E-state index contributed by atoms with van der Waals surface area (Å²) in [5, 5.41) is 0.925. The summed E-state index contributed by atoms with van der Waals surface area (Å²) < 4.78 is 17.6. The van der Waals surface area contributed by atoms with Crippen molar-refractivity contribution in [1.29, 1.82) is 0 Å². The van der Waals surface area contributed by atoms with Crippen LogP contribution in [0.1, 0.15) is 54.3 Å². The van der Waals surface area contributed by atoms with Crippen LogP contribution in [0, 0.1) is 0 Å². The molecule has 1 heterocycles. The van der Waals surface area contributed by atoms with Gasteiger partial charge in [-0.2, -0.15) is 0 Å². The Morgan fingerprint density at radius 3 is 2.35 bits per heavy atom. The van der Waals surface area contributed by atoms with E-state index in [-0.39, 0.29) is 12.1 Å². The van der Waals surface area contributed by atoms with Crippen molar-refractivity contribution in [2.75, 3.05) is 0 Å². The summed E-state index contributed by atoms with van der Waals surface area (Å²) in [6.07, 6.45) is 3.77. The summed E-state index contributed by atoms with van der Waals surface area (Å²) in [6, 6.07) is 24.4. The van der Waals surface area contributed by atoms with Crippen molar-refractivity contribution >= 4 is 16.9 Å². The number of esters is 1. The van der Waals surface area contributed by atoms with Crippen molar-refractivity contribution < 1.29 is 18.7 Å². The predicted octanol–water partition coefficient (Wildman–Crippen LogP) is 6.47. The minimum Gasteiger partial charge on any atom is -0.491 e. The highest BCUT2D eigenvalue weighted by atomic mass is 16.5. The number of rotatable bonds is 10. The van der Waals surface area contributed by atoms with Crippen LogP contribution in [0.3, 0.4) is 0 Å². The number of ether oxygens (including phenoxy) is 2. The molecule has 5 nitrogen and oxygen atoms in total. The molecule has 1 aromatic heterocycles. The lowest BCUT2D eigenvalue weighted by Crippen LogP contribution is -2.30. The van der Waals surface area contributed by atoms with Gasteiger partial charge in [-0.05, 0) is 75.1 Å². The van der Waals surface area contributed by atoms with Gasteiger partial charge in [0.25, 0.3) is 0 Å². The molecule has 0 fully saturated rings. The molecule has 0 aliphatic carbocycles. The molecule has 0 aliphatic heterocycles. The zero-order valence-electron chi connectivity index (χ0n) is 19.6. The Balaban J connectivity index is 1.53. The molecule has 176 valence electrons. The number of fused-ring (bicyclic) bond motifs is 1. The molecule has 3 atom stereocenters. The van der Waals surface area contributed by atoms with E-state index >= 15 is 0 Å². The lowest BCUT2D eigenvalue weighted by Gasteiger charge is -2.25. The number of para-hydroxylation sites is 1. The molecule has 0 aliphatic rings. The van der Waals surface area contributed by atoms with Gasteiger partial charge in [-0.15, -0.1) is 0 Å². The SMILES string of the molecule is CC(CCCc1ccc2occc2c1C(OC(=O)c1ccccc1)C(C)N)Oc1ccccc1. The molecular weight excluding hydrogens is 426 g/mol. The van der Waals surface area contributed by atoms with Gasteiger partial charge >= 0.3 is 5.97 Å². The third-order valence-corrected chi connectivity index (χ3v) is 5.91. The lowest BCUT2D eigenvalue weighted by atomic mass is 9.91. The summed E-state index contributed by atoms with van der Waals surface area (Å²) in [7, 11) is 0. The van der Waals surface area contributed by atoms with Crippen molar-refractivity contribution in [2.24, 2.45) is 5.73 Å². The molecule has 5 heteroatoms. The van der Waals surface area contributed by atoms with Gasteiger partial charge in [-0.3, -0.25) is 0 Å². The predicted molar refractivity (Wildman–Crippen MR) is 134 cm³/mol. The first-order valence-electron chi connectivity index (χ1n) is 11.7. The molecule has 3 unspecified atom stereocenters. The van der Waals surface area contributed by atoms with Crippen molar-refractivity contribution in [1.82, 2.24) is 0 Å². The van der Waals surface area contributed by atoms with Gasteiger partial charge in [0.05, 0.1) is 17.9 Å². The number of furan rings is 1. The van der Waals surface area contributed by atoms with E-state index in [9.17, 15) is 4.79 Å². The maximum absolute atomic E-state index is 12.9. The van der Waals surface area contributed by atoms with Gasteiger partial charge < -0.3 is 19.6 Å². The number of benzene rings is 3. The average molecular weight is 458 g/mol. The van der Waals surface area contributed by atoms with Crippen LogP contribution >= 0.6 is 0 Å². The van der Waals surface area contributed by atoms with E-state index in [0.717, 1.165) is 47.1 Å². The Labute approximate surface area is 200 Å². The molecule has 3 aromatic carbocycles. The van der Waals surface area contributed by atoms with Gasteiger partial charge in [-0.25, -0.2) is 4.79 Å². The van der Waals surface area contributed by atoms with E-state index in [2.05, 4.69) is 13.0 Å². The van der Waals surface area contributed by atoms with Crippen molar-refractivity contribution in [3.8, 4) is 5.75 Å². The second kappa shape index (κ2) is 11.0. The summed E-state index contributed by atoms with van der Waals surface area (Å²) in [6.45, 7) is 3.95. The highest BCUT2D eigenvalue weighted by molar-refractivity contribution is 5.90. The normalized spacial score (nSPS) is 13.9. The largest absolute Gasteiger partial charge is 0.491 e. The van der Waals surface area contributed by atoms with Crippen LogP contribution < -0.4 is 10.5 Å². The Kier molecular flexibility index (Phi) is 7.65. The molecule has 0 bridgehead atoms. The quantitative estimate of drug-likeness (QED) is 0.276. The van der Waals surface area contributed by atoms with E-state index in [0.29, 0.717) is 5.56 Å². The molecule has 4 aromatic rings. The molecule has 0 radical (unpaired) electrons. The third-order valence-electron chi connectivity index (χ3n) is 5.91. The van der Waals surface area contributed by atoms with Crippen LogP contribution in [0.5, 0.6) is 5.75 Å². The molecule has 0 amide bonds. The van der Waals surface area contributed by atoms with E-state index in [4.69, 9.17) is 19.6 Å². The topological polar surface area (TPSA) is 74.7 Å². The minimum atomic E-state index is -0.595. The monoisotopic (exact) mass is 457 g/mol.